The van der Waals surface area contributed by atoms with E-state index in [1.165, 1.54) is 0 Å². The second-order valence-electron chi connectivity index (χ2n) is 7.88. The Balaban J connectivity index is 1.41. The van der Waals surface area contributed by atoms with Crippen LogP contribution >= 0.6 is 0 Å². The standard InChI is InChI=1S/C25H26N4O2/c30-25(26-11-6-12-29-13-15-31-16-14-29)22-17-20-19-9-4-5-10-21(19)27-24(20)23(28-22)18-7-2-1-3-8-18/h1-5,7-10,17,27H,6,11-16H2,(H,26,30). The number of carbonyl (C=O) groups is 1. The second-order valence-corrected chi connectivity index (χ2v) is 7.88. The molecular formula is C25H26N4O2. The zero-order valence-electron chi connectivity index (χ0n) is 17.4. The number of aromatic amines is 1. The minimum absolute atomic E-state index is 0.133. The number of fused-ring (bicyclic) bond motifs is 3. The lowest BCUT2D eigenvalue weighted by Gasteiger charge is -2.26. The largest absolute Gasteiger partial charge is 0.379 e. The number of benzene rings is 2. The maximum atomic E-state index is 13.0. The van der Waals surface area contributed by atoms with Gasteiger partial charge in [0.05, 0.1) is 24.4 Å². The summed E-state index contributed by atoms with van der Waals surface area (Å²) in [5, 5.41) is 5.16. The molecule has 2 aromatic carbocycles. The average Bonchev–Trinajstić information content (AvgIpc) is 3.21. The molecule has 1 aliphatic heterocycles. The maximum absolute atomic E-state index is 13.0. The number of amides is 1. The summed E-state index contributed by atoms with van der Waals surface area (Å²) in [6, 6.07) is 20.1. The molecule has 6 nitrogen and oxygen atoms in total. The molecule has 1 fully saturated rings. The molecule has 1 amide bonds. The summed E-state index contributed by atoms with van der Waals surface area (Å²) in [6.07, 6.45) is 0.909. The van der Waals surface area contributed by atoms with Crippen LogP contribution in [0.15, 0.2) is 60.7 Å². The number of pyridine rings is 1. The Kier molecular flexibility index (Phi) is 5.65. The topological polar surface area (TPSA) is 70.2 Å². The number of H-pyrrole nitrogens is 1. The molecule has 2 aromatic heterocycles. The van der Waals surface area contributed by atoms with Gasteiger partial charge in [-0.1, -0.05) is 48.5 Å². The highest BCUT2D eigenvalue weighted by molar-refractivity contribution is 6.13. The van der Waals surface area contributed by atoms with E-state index < -0.39 is 0 Å². The predicted molar refractivity (Wildman–Crippen MR) is 123 cm³/mol. The van der Waals surface area contributed by atoms with Gasteiger partial charge in [0.1, 0.15) is 5.69 Å². The van der Waals surface area contributed by atoms with Crippen LogP contribution in [0.3, 0.4) is 0 Å². The molecule has 0 bridgehead atoms. The van der Waals surface area contributed by atoms with Gasteiger partial charge in [-0.15, -0.1) is 0 Å². The van der Waals surface area contributed by atoms with Crippen LogP contribution in [0.25, 0.3) is 33.1 Å². The zero-order chi connectivity index (χ0) is 21.0. The van der Waals surface area contributed by atoms with E-state index in [-0.39, 0.29) is 5.91 Å². The van der Waals surface area contributed by atoms with Crippen molar-refractivity contribution < 1.29 is 9.53 Å². The smallest absolute Gasteiger partial charge is 0.269 e. The minimum Gasteiger partial charge on any atom is -0.379 e. The average molecular weight is 415 g/mol. The van der Waals surface area contributed by atoms with Crippen molar-refractivity contribution in [2.75, 3.05) is 39.4 Å². The van der Waals surface area contributed by atoms with E-state index in [2.05, 4.69) is 27.3 Å². The van der Waals surface area contributed by atoms with Gasteiger partial charge in [0.2, 0.25) is 0 Å². The monoisotopic (exact) mass is 414 g/mol. The summed E-state index contributed by atoms with van der Waals surface area (Å²) >= 11 is 0. The molecule has 4 aromatic rings. The third-order valence-electron chi connectivity index (χ3n) is 5.82. The molecule has 158 valence electrons. The molecule has 0 saturated carbocycles. The van der Waals surface area contributed by atoms with Crippen LogP contribution in [0.5, 0.6) is 0 Å². The number of carbonyl (C=O) groups excluding carboxylic acids is 1. The van der Waals surface area contributed by atoms with Crippen molar-refractivity contribution in [2.24, 2.45) is 0 Å². The van der Waals surface area contributed by atoms with Crippen LogP contribution < -0.4 is 5.32 Å². The summed E-state index contributed by atoms with van der Waals surface area (Å²) in [5.41, 5.74) is 4.23. The van der Waals surface area contributed by atoms with E-state index in [0.717, 1.165) is 72.3 Å². The summed E-state index contributed by atoms with van der Waals surface area (Å²) in [4.78, 5) is 23.6. The molecule has 3 heterocycles. The molecule has 2 N–H and O–H groups in total. The van der Waals surface area contributed by atoms with E-state index in [4.69, 9.17) is 9.72 Å². The van der Waals surface area contributed by atoms with Gasteiger partial charge < -0.3 is 15.0 Å². The number of nitrogens with zero attached hydrogens (tertiary/aromatic N) is 2. The van der Waals surface area contributed by atoms with Gasteiger partial charge in [0.25, 0.3) is 5.91 Å². The van der Waals surface area contributed by atoms with E-state index in [1.807, 2.05) is 48.5 Å². The molecule has 0 aliphatic carbocycles. The molecule has 1 saturated heterocycles. The van der Waals surface area contributed by atoms with E-state index in [0.29, 0.717) is 12.2 Å². The van der Waals surface area contributed by atoms with E-state index in [9.17, 15) is 4.79 Å². The van der Waals surface area contributed by atoms with Crippen molar-refractivity contribution in [3.8, 4) is 11.3 Å². The van der Waals surface area contributed by atoms with Gasteiger partial charge in [-0.05, 0) is 25.1 Å². The number of hydrogen-bond donors (Lipinski definition) is 2. The van der Waals surface area contributed by atoms with Crippen LogP contribution in [0.1, 0.15) is 16.9 Å². The Bertz CT molecular complexity index is 1200. The van der Waals surface area contributed by atoms with Crippen molar-refractivity contribution in [3.63, 3.8) is 0 Å². The van der Waals surface area contributed by atoms with Crippen LogP contribution in [0, 0.1) is 0 Å². The number of hydrogen-bond acceptors (Lipinski definition) is 4. The van der Waals surface area contributed by atoms with Gasteiger partial charge in [-0.3, -0.25) is 9.69 Å². The molecule has 0 unspecified atom stereocenters. The van der Waals surface area contributed by atoms with Gasteiger partial charge in [0, 0.05) is 41.5 Å². The number of nitrogens with one attached hydrogen (secondary N) is 2. The lowest BCUT2D eigenvalue weighted by molar-refractivity contribution is 0.0374. The van der Waals surface area contributed by atoms with Crippen molar-refractivity contribution in [1.82, 2.24) is 20.2 Å². The first-order chi connectivity index (χ1) is 15.3. The van der Waals surface area contributed by atoms with Gasteiger partial charge in [-0.25, -0.2) is 4.98 Å². The molecule has 31 heavy (non-hydrogen) atoms. The lowest BCUT2D eigenvalue weighted by atomic mass is 10.1. The quantitative estimate of drug-likeness (QED) is 0.471. The number of aromatic nitrogens is 2. The third-order valence-corrected chi connectivity index (χ3v) is 5.82. The van der Waals surface area contributed by atoms with Gasteiger partial charge in [0.15, 0.2) is 0 Å². The van der Waals surface area contributed by atoms with Crippen LogP contribution in [0.4, 0.5) is 0 Å². The Morgan fingerprint density at radius 2 is 1.81 bits per heavy atom. The van der Waals surface area contributed by atoms with Gasteiger partial charge >= 0.3 is 0 Å². The van der Waals surface area contributed by atoms with Crippen LogP contribution in [-0.2, 0) is 4.74 Å². The molecule has 1 aliphatic rings. The highest BCUT2D eigenvalue weighted by Gasteiger charge is 2.17. The highest BCUT2D eigenvalue weighted by atomic mass is 16.5. The fourth-order valence-electron chi connectivity index (χ4n) is 4.19. The first-order valence-electron chi connectivity index (χ1n) is 10.8. The minimum atomic E-state index is -0.133. The van der Waals surface area contributed by atoms with E-state index in [1.54, 1.807) is 0 Å². The third kappa shape index (κ3) is 4.17. The molecule has 5 rings (SSSR count). The maximum Gasteiger partial charge on any atom is 0.269 e. The molecule has 0 spiro atoms. The lowest BCUT2D eigenvalue weighted by Crippen LogP contribution is -2.38. The Labute approximate surface area is 181 Å². The summed E-state index contributed by atoms with van der Waals surface area (Å²) in [6.45, 7) is 5.12. The predicted octanol–water partition coefficient (Wildman–Crippen LogP) is 3.84. The van der Waals surface area contributed by atoms with Crippen molar-refractivity contribution in [3.05, 3.63) is 66.4 Å². The summed E-state index contributed by atoms with van der Waals surface area (Å²) in [5.74, 6) is -0.133. The van der Waals surface area contributed by atoms with Gasteiger partial charge in [-0.2, -0.15) is 0 Å². The van der Waals surface area contributed by atoms with Crippen molar-refractivity contribution >= 4 is 27.7 Å². The summed E-state index contributed by atoms with van der Waals surface area (Å²) < 4.78 is 5.39. The molecule has 0 radical (unpaired) electrons. The first-order valence-corrected chi connectivity index (χ1v) is 10.8. The zero-order valence-corrected chi connectivity index (χ0v) is 17.4. The van der Waals surface area contributed by atoms with Crippen LogP contribution in [-0.4, -0.2) is 60.2 Å². The Morgan fingerprint density at radius 3 is 2.65 bits per heavy atom. The molecule has 0 atom stereocenters. The fraction of sp³-hybridized carbons (Fsp3) is 0.280. The summed E-state index contributed by atoms with van der Waals surface area (Å²) in [7, 11) is 0. The molecule has 6 heteroatoms. The fourth-order valence-corrected chi connectivity index (χ4v) is 4.19. The Morgan fingerprint density at radius 1 is 1.03 bits per heavy atom. The SMILES string of the molecule is O=C(NCCCN1CCOCC1)c1cc2c([nH]c3ccccc32)c(-c2ccccc2)n1. The van der Waals surface area contributed by atoms with Crippen molar-refractivity contribution in [2.45, 2.75) is 6.42 Å². The Hall–Kier alpha value is -3.22. The van der Waals surface area contributed by atoms with E-state index >= 15 is 0 Å². The van der Waals surface area contributed by atoms with Crippen LogP contribution in [0.2, 0.25) is 0 Å². The first kappa shape index (κ1) is 19.7. The number of para-hydroxylation sites is 1. The highest BCUT2D eigenvalue weighted by Crippen LogP contribution is 2.32. The van der Waals surface area contributed by atoms with Crippen molar-refractivity contribution in [1.29, 1.82) is 0 Å². The molecular weight excluding hydrogens is 388 g/mol. The number of ether oxygens (including phenoxy) is 1. The normalized spacial score (nSPS) is 14.8. The number of morpholine rings is 1. The number of rotatable bonds is 6. The second kappa shape index (κ2) is 8.88.